The molecule has 0 atom stereocenters. The van der Waals surface area contributed by atoms with Crippen LogP contribution in [0.15, 0.2) is 38.1 Å². The Hall–Kier alpha value is -0.860. The fourth-order valence-corrected chi connectivity index (χ4v) is 2.40. The lowest BCUT2D eigenvalue weighted by Crippen LogP contribution is -2.14. The molecule has 0 bridgehead atoms. The largest absolute Gasteiger partial charge is 0.304 e. The molecular weight excluding hydrogens is 449 g/mol. The standard InChI is InChI=1S/C11H5Br3FN3O/c12-6-2-1-5(3-7(6)15)11(19)18-10-9(14)17-8(13)4-16-10/h1-4H,(H,16,18,19). The van der Waals surface area contributed by atoms with Crippen molar-refractivity contribution in [1.82, 2.24) is 9.97 Å². The summed E-state index contributed by atoms with van der Waals surface area (Å²) in [6.07, 6.45) is 1.45. The van der Waals surface area contributed by atoms with Crippen LogP contribution >= 0.6 is 47.8 Å². The number of benzene rings is 1. The Morgan fingerprint density at radius 2 is 2.00 bits per heavy atom. The minimum Gasteiger partial charge on any atom is -0.304 e. The van der Waals surface area contributed by atoms with Crippen molar-refractivity contribution in [3.05, 3.63) is 49.5 Å². The van der Waals surface area contributed by atoms with E-state index in [4.69, 9.17) is 0 Å². The van der Waals surface area contributed by atoms with Gasteiger partial charge in [0.05, 0.1) is 10.7 Å². The van der Waals surface area contributed by atoms with Crippen LogP contribution in [0.2, 0.25) is 0 Å². The van der Waals surface area contributed by atoms with Gasteiger partial charge in [-0.1, -0.05) is 0 Å². The first-order valence-corrected chi connectivity index (χ1v) is 7.29. The molecule has 0 saturated heterocycles. The van der Waals surface area contributed by atoms with Gasteiger partial charge in [-0.05, 0) is 66.0 Å². The quantitative estimate of drug-likeness (QED) is 0.743. The maximum atomic E-state index is 13.3. The number of aromatic nitrogens is 2. The van der Waals surface area contributed by atoms with Gasteiger partial charge in [-0.25, -0.2) is 14.4 Å². The van der Waals surface area contributed by atoms with E-state index in [1.165, 1.54) is 18.3 Å². The number of nitrogens with one attached hydrogen (secondary N) is 1. The summed E-state index contributed by atoms with van der Waals surface area (Å²) in [4.78, 5) is 19.9. The lowest BCUT2D eigenvalue weighted by atomic mass is 10.2. The molecule has 0 aliphatic carbocycles. The smallest absolute Gasteiger partial charge is 0.256 e. The molecule has 0 unspecified atom stereocenters. The van der Waals surface area contributed by atoms with Crippen molar-refractivity contribution in [2.75, 3.05) is 5.32 Å². The molecular formula is C11H5Br3FN3O. The van der Waals surface area contributed by atoms with Gasteiger partial charge in [-0.3, -0.25) is 4.79 Å². The van der Waals surface area contributed by atoms with Crippen LogP contribution in [0.4, 0.5) is 10.2 Å². The maximum absolute atomic E-state index is 13.3. The minimum atomic E-state index is -0.506. The average Bonchev–Trinajstić information content (AvgIpc) is 2.36. The van der Waals surface area contributed by atoms with Crippen molar-refractivity contribution < 1.29 is 9.18 Å². The molecule has 2 rings (SSSR count). The van der Waals surface area contributed by atoms with Crippen LogP contribution in [0.25, 0.3) is 0 Å². The zero-order chi connectivity index (χ0) is 14.0. The van der Waals surface area contributed by atoms with Crippen LogP contribution in [-0.4, -0.2) is 15.9 Å². The number of anilines is 1. The third-order valence-electron chi connectivity index (χ3n) is 2.11. The van der Waals surface area contributed by atoms with Gasteiger partial charge in [0.25, 0.3) is 5.91 Å². The van der Waals surface area contributed by atoms with Gasteiger partial charge in [-0.15, -0.1) is 0 Å². The molecule has 1 aromatic heterocycles. The second-order valence-corrected chi connectivity index (χ2v) is 5.83. The SMILES string of the molecule is O=C(Nc1ncc(Br)nc1Br)c1ccc(Br)c(F)c1. The predicted octanol–water partition coefficient (Wildman–Crippen LogP) is 4.16. The summed E-state index contributed by atoms with van der Waals surface area (Å²) in [6.45, 7) is 0. The highest BCUT2D eigenvalue weighted by Gasteiger charge is 2.12. The Kier molecular flexibility index (Phi) is 4.64. The molecule has 98 valence electrons. The summed E-state index contributed by atoms with van der Waals surface area (Å²) in [5.74, 6) is -0.714. The van der Waals surface area contributed by atoms with Crippen LogP contribution < -0.4 is 5.32 Å². The summed E-state index contributed by atoms with van der Waals surface area (Å²) < 4.78 is 14.6. The zero-order valence-corrected chi connectivity index (χ0v) is 13.9. The molecule has 0 aliphatic rings. The van der Waals surface area contributed by atoms with Crippen molar-refractivity contribution in [3.63, 3.8) is 0 Å². The highest BCUT2D eigenvalue weighted by atomic mass is 79.9. The molecule has 0 aliphatic heterocycles. The van der Waals surface area contributed by atoms with Gasteiger partial charge in [-0.2, -0.15) is 0 Å². The predicted molar refractivity (Wildman–Crippen MR) is 79.5 cm³/mol. The molecule has 19 heavy (non-hydrogen) atoms. The number of hydrogen-bond donors (Lipinski definition) is 1. The number of halogens is 4. The number of amides is 1. The Morgan fingerprint density at radius 3 is 2.63 bits per heavy atom. The van der Waals surface area contributed by atoms with Crippen LogP contribution in [0, 0.1) is 5.82 Å². The van der Waals surface area contributed by atoms with Crippen molar-refractivity contribution in [2.45, 2.75) is 0 Å². The summed E-state index contributed by atoms with van der Waals surface area (Å²) in [5.41, 5.74) is 0.192. The second kappa shape index (κ2) is 6.06. The maximum Gasteiger partial charge on any atom is 0.256 e. The number of carbonyl (C=O) groups is 1. The molecule has 0 radical (unpaired) electrons. The zero-order valence-electron chi connectivity index (χ0n) is 9.12. The van der Waals surface area contributed by atoms with E-state index in [9.17, 15) is 9.18 Å². The number of nitrogens with zero attached hydrogens (tertiary/aromatic N) is 2. The summed E-state index contributed by atoms with van der Waals surface area (Å²) in [7, 11) is 0. The molecule has 8 heteroatoms. The topological polar surface area (TPSA) is 54.9 Å². The number of rotatable bonds is 2. The van der Waals surface area contributed by atoms with Gasteiger partial charge in [0, 0.05) is 5.56 Å². The molecule has 1 N–H and O–H groups in total. The molecule has 1 amide bonds. The van der Waals surface area contributed by atoms with Gasteiger partial charge in [0.2, 0.25) is 0 Å². The Morgan fingerprint density at radius 1 is 1.26 bits per heavy atom. The van der Waals surface area contributed by atoms with E-state index >= 15 is 0 Å². The van der Waals surface area contributed by atoms with E-state index in [1.54, 1.807) is 0 Å². The van der Waals surface area contributed by atoms with E-state index in [2.05, 4.69) is 63.1 Å². The first kappa shape index (κ1) is 14.5. The van der Waals surface area contributed by atoms with E-state index in [0.717, 1.165) is 6.07 Å². The highest BCUT2D eigenvalue weighted by Crippen LogP contribution is 2.21. The summed E-state index contributed by atoms with van der Waals surface area (Å²) >= 11 is 9.35. The molecule has 0 fully saturated rings. The van der Waals surface area contributed by atoms with Crippen molar-refractivity contribution >= 4 is 59.5 Å². The first-order chi connectivity index (χ1) is 8.97. The number of carbonyl (C=O) groups excluding carboxylic acids is 1. The van der Waals surface area contributed by atoms with Crippen molar-refractivity contribution in [2.24, 2.45) is 0 Å². The minimum absolute atomic E-state index is 0.192. The van der Waals surface area contributed by atoms with Crippen molar-refractivity contribution in [1.29, 1.82) is 0 Å². The van der Waals surface area contributed by atoms with E-state index in [1.807, 2.05) is 0 Å². The lowest BCUT2D eigenvalue weighted by molar-refractivity contribution is 0.102. The van der Waals surface area contributed by atoms with Gasteiger partial charge in [0.1, 0.15) is 15.0 Å². The normalized spacial score (nSPS) is 10.3. The third kappa shape index (κ3) is 3.58. The molecule has 0 spiro atoms. The molecule has 1 aromatic carbocycles. The van der Waals surface area contributed by atoms with Crippen LogP contribution in [-0.2, 0) is 0 Å². The van der Waals surface area contributed by atoms with E-state index in [0.29, 0.717) is 13.7 Å². The molecule has 2 aromatic rings. The molecule has 1 heterocycles. The first-order valence-electron chi connectivity index (χ1n) is 4.92. The Bertz CT molecular complexity index is 651. The van der Waals surface area contributed by atoms with Crippen LogP contribution in [0.1, 0.15) is 10.4 Å². The third-order valence-corrected chi connectivity index (χ3v) is 3.69. The lowest BCUT2D eigenvalue weighted by Gasteiger charge is -2.06. The van der Waals surface area contributed by atoms with Gasteiger partial charge < -0.3 is 5.32 Å². The average molecular weight is 454 g/mol. The van der Waals surface area contributed by atoms with E-state index in [-0.39, 0.29) is 11.4 Å². The second-order valence-electron chi connectivity index (χ2n) is 3.42. The fourth-order valence-electron chi connectivity index (χ4n) is 1.25. The number of hydrogen-bond acceptors (Lipinski definition) is 3. The molecule has 4 nitrogen and oxygen atoms in total. The Labute approximate surface area is 133 Å². The van der Waals surface area contributed by atoms with Gasteiger partial charge >= 0.3 is 0 Å². The highest BCUT2D eigenvalue weighted by molar-refractivity contribution is 9.11. The molecule has 0 saturated carbocycles. The monoisotopic (exact) mass is 451 g/mol. The van der Waals surface area contributed by atoms with Crippen LogP contribution in [0.3, 0.4) is 0 Å². The van der Waals surface area contributed by atoms with E-state index < -0.39 is 11.7 Å². The fraction of sp³-hybridized carbons (Fsp3) is 0. The summed E-state index contributed by atoms with van der Waals surface area (Å²) in [6, 6.07) is 4.11. The van der Waals surface area contributed by atoms with Crippen molar-refractivity contribution in [3.8, 4) is 0 Å². The Balaban J connectivity index is 2.23. The van der Waals surface area contributed by atoms with Gasteiger partial charge in [0.15, 0.2) is 5.82 Å². The van der Waals surface area contributed by atoms with Crippen LogP contribution in [0.5, 0.6) is 0 Å². The summed E-state index contributed by atoms with van der Waals surface area (Å²) in [5, 5.41) is 2.54.